The summed E-state index contributed by atoms with van der Waals surface area (Å²) in [6.07, 6.45) is 0. The van der Waals surface area contributed by atoms with Gasteiger partial charge in [0, 0.05) is 18.6 Å². The monoisotopic (exact) mass is 261 g/mol. The smallest absolute Gasteiger partial charge is 0.340 e. The largest absolute Gasteiger partial charge is 0.487 e. The molecule has 1 N–H and O–H groups in total. The second-order valence-electron chi connectivity index (χ2n) is 3.94. The summed E-state index contributed by atoms with van der Waals surface area (Å²) in [5, 5.41) is 2.52. The number of benzene rings is 1. The van der Waals surface area contributed by atoms with Gasteiger partial charge in [0.05, 0.1) is 23.9 Å². The van der Waals surface area contributed by atoms with E-state index in [0.717, 1.165) is 0 Å². The number of rotatable bonds is 2. The first-order valence-corrected chi connectivity index (χ1v) is 5.48. The van der Waals surface area contributed by atoms with Crippen molar-refractivity contribution in [2.45, 2.75) is 6.92 Å². The van der Waals surface area contributed by atoms with E-state index < -0.39 is 5.97 Å². The van der Waals surface area contributed by atoms with Crippen LogP contribution < -0.4 is 10.1 Å². The number of hydrogen-bond acceptors (Lipinski definition) is 5. The molecule has 2 rings (SSSR count). The predicted octanol–water partition coefficient (Wildman–Crippen LogP) is 1.04. The molecule has 1 aromatic rings. The van der Waals surface area contributed by atoms with E-state index in [9.17, 15) is 14.4 Å². The highest BCUT2D eigenvalue weighted by molar-refractivity contribution is 6.04. The maximum atomic E-state index is 11.7. The lowest BCUT2D eigenvalue weighted by Crippen LogP contribution is -2.12. The Kier molecular flexibility index (Phi) is 3.35. The van der Waals surface area contributed by atoms with E-state index in [1.54, 1.807) is 5.94 Å². The van der Waals surface area contributed by atoms with Crippen LogP contribution in [-0.4, -0.2) is 31.5 Å². The van der Waals surface area contributed by atoms with Gasteiger partial charge in [0.15, 0.2) is 0 Å². The van der Waals surface area contributed by atoms with Gasteiger partial charge in [-0.15, -0.1) is 0 Å². The molecule has 0 radical (unpaired) electrons. The van der Waals surface area contributed by atoms with Gasteiger partial charge in [-0.3, -0.25) is 4.79 Å². The molecule has 0 fully saturated rings. The minimum atomic E-state index is -0.608. The molecule has 0 saturated carbocycles. The van der Waals surface area contributed by atoms with Crippen LogP contribution in [0.25, 0.3) is 5.57 Å². The standard InChI is InChI=1S/C13H11NO5/c1-7(16)14-11-4-12-9(8(5-15)6-19-12)3-10(11)13(17)18-2/h3-4H,6H2,1-2H3,(H,14,16). The van der Waals surface area contributed by atoms with E-state index in [4.69, 9.17) is 4.74 Å². The zero-order valence-corrected chi connectivity index (χ0v) is 10.4. The van der Waals surface area contributed by atoms with Crippen LogP contribution >= 0.6 is 0 Å². The second kappa shape index (κ2) is 4.96. The Balaban J connectivity index is 2.59. The Labute approximate surface area is 109 Å². The number of anilines is 1. The fourth-order valence-electron chi connectivity index (χ4n) is 1.82. The van der Waals surface area contributed by atoms with E-state index >= 15 is 0 Å². The molecular weight excluding hydrogens is 250 g/mol. The third kappa shape index (κ3) is 2.34. The van der Waals surface area contributed by atoms with Crippen molar-refractivity contribution in [2.75, 3.05) is 19.0 Å². The lowest BCUT2D eigenvalue weighted by Gasteiger charge is -2.10. The van der Waals surface area contributed by atoms with Gasteiger partial charge in [-0.1, -0.05) is 0 Å². The summed E-state index contributed by atoms with van der Waals surface area (Å²) in [5.74, 6) is 1.26. The van der Waals surface area contributed by atoms with Gasteiger partial charge in [0.2, 0.25) is 5.91 Å². The summed E-state index contributed by atoms with van der Waals surface area (Å²) in [4.78, 5) is 33.6. The summed E-state index contributed by atoms with van der Waals surface area (Å²) in [6, 6.07) is 2.95. The molecular formula is C13H11NO5. The molecule has 0 aliphatic carbocycles. The third-order valence-corrected chi connectivity index (χ3v) is 2.66. The van der Waals surface area contributed by atoms with Crippen LogP contribution in [0.4, 0.5) is 5.69 Å². The Hall–Kier alpha value is -2.59. The minimum absolute atomic E-state index is 0.100. The highest BCUT2D eigenvalue weighted by atomic mass is 16.5. The van der Waals surface area contributed by atoms with E-state index in [1.807, 2.05) is 0 Å². The molecule has 6 heteroatoms. The maximum absolute atomic E-state index is 11.7. The Morgan fingerprint density at radius 1 is 1.42 bits per heavy atom. The van der Waals surface area contributed by atoms with Crippen LogP contribution in [0.15, 0.2) is 12.1 Å². The minimum Gasteiger partial charge on any atom is -0.487 e. The zero-order valence-electron chi connectivity index (χ0n) is 10.4. The van der Waals surface area contributed by atoms with Gasteiger partial charge < -0.3 is 14.8 Å². The van der Waals surface area contributed by atoms with Crippen molar-refractivity contribution >= 4 is 29.1 Å². The SMILES string of the molecule is COC(=O)c1cc2c(cc1NC(C)=O)OCC2=C=O. The average Bonchev–Trinajstić information content (AvgIpc) is 2.78. The molecule has 0 bridgehead atoms. The summed E-state index contributed by atoms with van der Waals surface area (Å²) in [7, 11) is 1.24. The number of hydrogen-bond donors (Lipinski definition) is 1. The van der Waals surface area contributed by atoms with Gasteiger partial charge >= 0.3 is 5.97 Å². The first-order chi connectivity index (χ1) is 9.06. The molecule has 19 heavy (non-hydrogen) atoms. The van der Waals surface area contributed by atoms with E-state index in [0.29, 0.717) is 16.9 Å². The quantitative estimate of drug-likeness (QED) is 0.635. The van der Waals surface area contributed by atoms with Gasteiger partial charge in [0.25, 0.3) is 0 Å². The highest BCUT2D eigenvalue weighted by Gasteiger charge is 2.24. The molecule has 0 unspecified atom stereocenters. The van der Waals surface area contributed by atoms with Crippen molar-refractivity contribution in [3.8, 4) is 5.75 Å². The number of methoxy groups -OCH3 is 1. The maximum Gasteiger partial charge on any atom is 0.340 e. The van der Waals surface area contributed by atoms with Crippen LogP contribution in [0.5, 0.6) is 5.75 Å². The summed E-state index contributed by atoms with van der Waals surface area (Å²) < 4.78 is 9.94. The molecule has 0 spiro atoms. The van der Waals surface area contributed by atoms with Crippen LogP contribution in [0.2, 0.25) is 0 Å². The molecule has 1 heterocycles. The second-order valence-corrected chi connectivity index (χ2v) is 3.94. The Bertz CT molecular complexity index is 614. The number of amides is 1. The molecule has 0 aromatic heterocycles. The zero-order chi connectivity index (χ0) is 14.0. The predicted molar refractivity (Wildman–Crippen MR) is 66.7 cm³/mol. The number of esters is 1. The molecule has 6 nitrogen and oxygen atoms in total. The van der Waals surface area contributed by atoms with Gasteiger partial charge in [-0.25, -0.2) is 9.59 Å². The molecule has 0 saturated heterocycles. The summed E-state index contributed by atoms with van der Waals surface area (Å²) >= 11 is 0. The number of fused-ring (bicyclic) bond motifs is 1. The van der Waals surface area contributed by atoms with Crippen molar-refractivity contribution in [1.29, 1.82) is 0 Å². The Morgan fingerprint density at radius 2 is 2.16 bits per heavy atom. The van der Waals surface area contributed by atoms with E-state index in [2.05, 4.69) is 10.1 Å². The fourth-order valence-corrected chi connectivity index (χ4v) is 1.82. The van der Waals surface area contributed by atoms with Crippen molar-refractivity contribution in [1.82, 2.24) is 0 Å². The number of nitrogens with one attached hydrogen (secondary N) is 1. The van der Waals surface area contributed by atoms with Gasteiger partial charge in [-0.05, 0) is 6.07 Å². The van der Waals surface area contributed by atoms with Crippen molar-refractivity contribution in [3.63, 3.8) is 0 Å². The lowest BCUT2D eigenvalue weighted by atomic mass is 10.0. The van der Waals surface area contributed by atoms with Gasteiger partial charge in [0.1, 0.15) is 18.3 Å². The van der Waals surface area contributed by atoms with Crippen molar-refractivity contribution < 1.29 is 23.9 Å². The fraction of sp³-hybridized carbons (Fsp3) is 0.231. The highest BCUT2D eigenvalue weighted by Crippen LogP contribution is 2.36. The number of ether oxygens (including phenoxy) is 2. The van der Waals surface area contributed by atoms with Crippen LogP contribution in [0.1, 0.15) is 22.8 Å². The topological polar surface area (TPSA) is 81.7 Å². The number of carbonyl (C=O) groups is 2. The molecule has 98 valence electrons. The van der Waals surface area contributed by atoms with Crippen LogP contribution in [-0.2, 0) is 14.3 Å². The van der Waals surface area contributed by atoms with E-state index in [-0.39, 0.29) is 23.8 Å². The first-order valence-electron chi connectivity index (χ1n) is 5.48. The molecule has 1 aromatic carbocycles. The van der Waals surface area contributed by atoms with E-state index in [1.165, 1.54) is 26.2 Å². The number of carbonyl (C=O) groups excluding carboxylic acids is 3. The Morgan fingerprint density at radius 3 is 2.74 bits per heavy atom. The van der Waals surface area contributed by atoms with Crippen LogP contribution in [0, 0.1) is 0 Å². The molecule has 1 aliphatic heterocycles. The normalized spacial score (nSPS) is 12.2. The van der Waals surface area contributed by atoms with Gasteiger partial charge in [-0.2, -0.15) is 0 Å². The molecule has 1 amide bonds. The summed E-state index contributed by atoms with van der Waals surface area (Å²) in [6.45, 7) is 1.43. The first kappa shape index (κ1) is 12.9. The molecule has 1 aliphatic rings. The summed E-state index contributed by atoms with van der Waals surface area (Å²) in [5.41, 5.74) is 1.26. The lowest BCUT2D eigenvalue weighted by molar-refractivity contribution is -0.114. The average molecular weight is 261 g/mol. The van der Waals surface area contributed by atoms with Crippen LogP contribution in [0.3, 0.4) is 0 Å². The third-order valence-electron chi connectivity index (χ3n) is 2.66. The molecule has 0 atom stereocenters. The van der Waals surface area contributed by atoms with Crippen molar-refractivity contribution in [3.05, 3.63) is 23.3 Å². The van der Waals surface area contributed by atoms with Crippen molar-refractivity contribution in [2.24, 2.45) is 0 Å².